The fourth-order valence-corrected chi connectivity index (χ4v) is 1.79. The SMILES string of the molecule is N#CC(C#N)=NOCc1nnc(-c2ccc(Cl)cc2Cl)o1. The summed E-state index contributed by atoms with van der Waals surface area (Å²) in [5.74, 6) is 0.315. The molecule has 9 heteroatoms. The first-order valence-corrected chi connectivity index (χ1v) is 6.17. The molecule has 0 saturated heterocycles. The van der Waals surface area contributed by atoms with Gasteiger partial charge in [0.25, 0.3) is 11.6 Å². The minimum Gasteiger partial charge on any atom is -0.417 e. The lowest BCUT2D eigenvalue weighted by molar-refractivity contribution is 0.112. The van der Waals surface area contributed by atoms with E-state index in [1.54, 1.807) is 30.3 Å². The number of rotatable bonds is 4. The van der Waals surface area contributed by atoms with Gasteiger partial charge in [0.05, 0.1) is 10.6 Å². The number of oxime groups is 1. The Labute approximate surface area is 129 Å². The molecule has 0 saturated carbocycles. The molecule has 1 aromatic carbocycles. The standard InChI is InChI=1S/C12H5Cl2N5O2/c13-7-1-2-9(10(14)3-7)12-18-17-11(21-12)6-20-19-8(4-15)5-16/h1-3H,6H2. The van der Waals surface area contributed by atoms with Crippen LogP contribution in [0.1, 0.15) is 5.89 Å². The highest BCUT2D eigenvalue weighted by Crippen LogP contribution is 2.29. The van der Waals surface area contributed by atoms with Crippen molar-refractivity contribution < 1.29 is 9.25 Å². The molecule has 0 fully saturated rings. The van der Waals surface area contributed by atoms with Crippen molar-refractivity contribution in [3.8, 4) is 23.6 Å². The molecule has 0 N–H and O–H groups in total. The highest BCUT2D eigenvalue weighted by molar-refractivity contribution is 6.36. The Balaban J connectivity index is 2.10. The van der Waals surface area contributed by atoms with Crippen molar-refractivity contribution in [2.24, 2.45) is 5.16 Å². The molecule has 104 valence electrons. The van der Waals surface area contributed by atoms with Gasteiger partial charge in [0.1, 0.15) is 12.1 Å². The first-order chi connectivity index (χ1) is 10.1. The maximum absolute atomic E-state index is 8.47. The smallest absolute Gasteiger partial charge is 0.257 e. The van der Waals surface area contributed by atoms with Crippen LogP contribution in [0.3, 0.4) is 0 Å². The number of aromatic nitrogens is 2. The van der Waals surface area contributed by atoms with Gasteiger partial charge in [-0.3, -0.25) is 0 Å². The van der Waals surface area contributed by atoms with E-state index < -0.39 is 5.71 Å². The molecule has 0 amide bonds. The molecular formula is C12H5Cl2N5O2. The summed E-state index contributed by atoms with van der Waals surface area (Å²) in [5.41, 5.74) is 0.119. The van der Waals surface area contributed by atoms with E-state index >= 15 is 0 Å². The normalized spacial score (nSPS) is 9.52. The lowest BCUT2D eigenvalue weighted by Crippen LogP contribution is -1.93. The number of nitriles is 2. The minimum atomic E-state index is -0.407. The molecular weight excluding hydrogens is 317 g/mol. The molecule has 0 radical (unpaired) electrons. The molecule has 0 aliphatic rings. The van der Waals surface area contributed by atoms with Crippen molar-refractivity contribution in [2.75, 3.05) is 0 Å². The molecule has 21 heavy (non-hydrogen) atoms. The predicted octanol–water partition coefficient (Wildman–Crippen LogP) is 2.96. The number of halogens is 2. The quantitative estimate of drug-likeness (QED) is 0.632. The summed E-state index contributed by atoms with van der Waals surface area (Å²) in [7, 11) is 0. The molecule has 0 atom stereocenters. The zero-order chi connectivity index (χ0) is 15.2. The van der Waals surface area contributed by atoms with Crippen LogP contribution in [0, 0.1) is 22.7 Å². The summed E-state index contributed by atoms with van der Waals surface area (Å²) in [6, 6.07) is 7.93. The van der Waals surface area contributed by atoms with Crippen LogP contribution < -0.4 is 0 Å². The topological polar surface area (TPSA) is 108 Å². The van der Waals surface area contributed by atoms with Gasteiger partial charge in [-0.15, -0.1) is 10.2 Å². The van der Waals surface area contributed by atoms with E-state index in [0.29, 0.717) is 15.6 Å². The Morgan fingerprint density at radius 1 is 1.29 bits per heavy atom. The minimum absolute atomic E-state index is 0.120. The van der Waals surface area contributed by atoms with Crippen molar-refractivity contribution >= 4 is 28.9 Å². The number of hydrogen-bond acceptors (Lipinski definition) is 7. The second kappa shape index (κ2) is 6.71. The van der Waals surface area contributed by atoms with Crippen LogP contribution in [0.4, 0.5) is 0 Å². The highest BCUT2D eigenvalue weighted by atomic mass is 35.5. The summed E-state index contributed by atoms with van der Waals surface area (Å²) >= 11 is 11.8. The van der Waals surface area contributed by atoms with Crippen LogP contribution in [0.5, 0.6) is 0 Å². The molecule has 0 aliphatic carbocycles. The van der Waals surface area contributed by atoms with Gasteiger partial charge in [-0.25, -0.2) is 0 Å². The maximum Gasteiger partial charge on any atom is 0.257 e. The van der Waals surface area contributed by atoms with Crippen molar-refractivity contribution in [1.82, 2.24) is 10.2 Å². The monoisotopic (exact) mass is 321 g/mol. The average Bonchev–Trinajstić information content (AvgIpc) is 2.92. The van der Waals surface area contributed by atoms with Gasteiger partial charge in [0.15, 0.2) is 6.61 Å². The number of hydrogen-bond donors (Lipinski definition) is 0. The Hall–Kier alpha value is -2.61. The average molecular weight is 322 g/mol. The first kappa shape index (κ1) is 14.8. The third-order valence-electron chi connectivity index (χ3n) is 2.18. The highest BCUT2D eigenvalue weighted by Gasteiger charge is 2.12. The maximum atomic E-state index is 8.47. The van der Waals surface area contributed by atoms with Crippen LogP contribution in [0.15, 0.2) is 27.8 Å². The molecule has 2 rings (SSSR count). The molecule has 1 heterocycles. The van der Waals surface area contributed by atoms with Gasteiger partial charge < -0.3 is 9.25 Å². The van der Waals surface area contributed by atoms with Crippen LogP contribution in [-0.2, 0) is 11.4 Å². The largest absolute Gasteiger partial charge is 0.417 e. The van der Waals surface area contributed by atoms with Crippen LogP contribution >= 0.6 is 23.2 Å². The summed E-state index contributed by atoms with van der Waals surface area (Å²) in [6.07, 6.45) is 0. The Bertz CT molecular complexity index is 757. The predicted molar refractivity (Wildman–Crippen MR) is 73.2 cm³/mol. The van der Waals surface area contributed by atoms with Gasteiger partial charge >= 0.3 is 0 Å². The van der Waals surface area contributed by atoms with E-state index in [-0.39, 0.29) is 18.4 Å². The van der Waals surface area contributed by atoms with Crippen molar-refractivity contribution in [1.29, 1.82) is 10.5 Å². The Kier molecular flexibility index (Phi) is 4.72. The molecule has 2 aromatic rings. The van der Waals surface area contributed by atoms with Crippen molar-refractivity contribution in [3.05, 3.63) is 34.1 Å². The Morgan fingerprint density at radius 2 is 2.05 bits per heavy atom. The van der Waals surface area contributed by atoms with Gasteiger partial charge in [-0.05, 0) is 18.2 Å². The summed E-state index contributed by atoms with van der Waals surface area (Å²) in [5, 5.41) is 28.6. The van der Waals surface area contributed by atoms with Gasteiger partial charge in [0, 0.05) is 5.02 Å². The van der Waals surface area contributed by atoms with Crippen LogP contribution in [0.25, 0.3) is 11.5 Å². The van der Waals surface area contributed by atoms with E-state index in [4.69, 9.17) is 43.0 Å². The molecule has 0 bridgehead atoms. The lowest BCUT2D eigenvalue weighted by Gasteiger charge is -1.98. The number of benzene rings is 1. The molecule has 0 unspecified atom stereocenters. The zero-order valence-corrected chi connectivity index (χ0v) is 11.8. The van der Waals surface area contributed by atoms with Gasteiger partial charge in [0.2, 0.25) is 5.89 Å². The Morgan fingerprint density at radius 3 is 2.71 bits per heavy atom. The second-order valence-electron chi connectivity index (χ2n) is 3.56. The lowest BCUT2D eigenvalue weighted by atomic mass is 10.2. The fourth-order valence-electron chi connectivity index (χ4n) is 1.30. The van der Waals surface area contributed by atoms with E-state index in [9.17, 15) is 0 Å². The second-order valence-corrected chi connectivity index (χ2v) is 4.41. The van der Waals surface area contributed by atoms with Crippen LogP contribution in [-0.4, -0.2) is 15.9 Å². The fraction of sp³-hybridized carbons (Fsp3) is 0.0833. The van der Waals surface area contributed by atoms with E-state index in [1.165, 1.54) is 0 Å². The van der Waals surface area contributed by atoms with Crippen molar-refractivity contribution in [3.63, 3.8) is 0 Å². The summed E-state index contributed by atoms with van der Waals surface area (Å²) in [4.78, 5) is 4.75. The number of nitrogens with zero attached hydrogens (tertiary/aromatic N) is 5. The van der Waals surface area contributed by atoms with Crippen molar-refractivity contribution in [2.45, 2.75) is 6.61 Å². The van der Waals surface area contributed by atoms with Gasteiger partial charge in [-0.2, -0.15) is 10.5 Å². The molecule has 0 aliphatic heterocycles. The third kappa shape index (κ3) is 3.69. The van der Waals surface area contributed by atoms with E-state index in [1.807, 2.05) is 0 Å². The molecule has 0 spiro atoms. The molecule has 7 nitrogen and oxygen atoms in total. The summed E-state index contributed by atoms with van der Waals surface area (Å²) in [6.45, 7) is -0.176. The molecule has 1 aromatic heterocycles. The first-order valence-electron chi connectivity index (χ1n) is 5.42. The third-order valence-corrected chi connectivity index (χ3v) is 2.73. The summed E-state index contributed by atoms with van der Waals surface area (Å²) < 4.78 is 5.33. The van der Waals surface area contributed by atoms with E-state index in [0.717, 1.165) is 0 Å². The van der Waals surface area contributed by atoms with E-state index in [2.05, 4.69) is 15.4 Å². The van der Waals surface area contributed by atoms with Crippen LogP contribution in [0.2, 0.25) is 10.0 Å². The zero-order valence-electron chi connectivity index (χ0n) is 10.2. The van der Waals surface area contributed by atoms with Gasteiger partial charge in [-0.1, -0.05) is 28.4 Å².